The van der Waals surface area contributed by atoms with Gasteiger partial charge in [0, 0.05) is 6.42 Å². The fourth-order valence-electron chi connectivity index (χ4n) is 7.83. The number of likely N-dealkylation sites (N-methyl/N-ethyl adjacent to an activating group) is 1. The minimum Gasteiger partial charge on any atom is -0.756 e. The number of nitrogens with one attached hydrogen (secondary N) is 1. The second-order valence-electron chi connectivity index (χ2n) is 19.6. The van der Waals surface area contributed by atoms with Gasteiger partial charge in [-0.1, -0.05) is 230 Å². The van der Waals surface area contributed by atoms with Crippen molar-refractivity contribution in [2.24, 2.45) is 0 Å². The number of unbranched alkanes of at least 4 members (excludes halogenated alkanes) is 32. The SMILES string of the molecule is CCCCCCCCCC/C=C/C(O)C(COP(=O)([O-])OCC[N+](C)(C)C)NC(=O)CCCCCCCCCCCCCCCCC/C=C\C/C=C\CCCCCCCCCCC. The number of nitrogens with zero attached hydrogens (tertiary/aromatic N) is 1. The van der Waals surface area contributed by atoms with Crippen molar-refractivity contribution in [3.63, 3.8) is 0 Å². The van der Waals surface area contributed by atoms with Crippen molar-refractivity contribution in [3.8, 4) is 0 Å². The van der Waals surface area contributed by atoms with Crippen LogP contribution in [-0.4, -0.2) is 68.5 Å². The Balaban J connectivity index is 4.01. The van der Waals surface area contributed by atoms with E-state index in [0.29, 0.717) is 17.4 Å². The average Bonchev–Trinajstić information content (AvgIpc) is 3.24. The van der Waals surface area contributed by atoms with E-state index >= 15 is 0 Å². The number of aliphatic hydroxyl groups excluding tert-OH is 1. The molecular formula is C54H105N2O6P. The van der Waals surface area contributed by atoms with E-state index < -0.39 is 20.0 Å². The molecule has 0 saturated heterocycles. The summed E-state index contributed by atoms with van der Waals surface area (Å²) in [6.07, 6.45) is 58.0. The van der Waals surface area contributed by atoms with Crippen LogP contribution in [0.25, 0.3) is 0 Å². The third-order valence-electron chi connectivity index (χ3n) is 12.1. The van der Waals surface area contributed by atoms with Gasteiger partial charge in [-0.3, -0.25) is 9.36 Å². The maximum Gasteiger partial charge on any atom is 0.268 e. The molecule has 8 nitrogen and oxygen atoms in total. The molecule has 0 heterocycles. The number of hydrogen-bond donors (Lipinski definition) is 2. The lowest BCUT2D eigenvalue weighted by Crippen LogP contribution is -2.45. The van der Waals surface area contributed by atoms with Crippen LogP contribution in [0, 0.1) is 0 Å². The first-order valence-electron chi connectivity index (χ1n) is 26.9. The summed E-state index contributed by atoms with van der Waals surface area (Å²) >= 11 is 0. The Morgan fingerprint density at radius 2 is 0.921 bits per heavy atom. The fourth-order valence-corrected chi connectivity index (χ4v) is 8.55. The number of carbonyl (C=O) groups is 1. The van der Waals surface area contributed by atoms with Gasteiger partial charge in [0.05, 0.1) is 39.9 Å². The molecule has 0 aliphatic carbocycles. The molecule has 0 radical (unpaired) electrons. The third-order valence-corrected chi connectivity index (χ3v) is 13.1. The molecule has 0 saturated carbocycles. The number of quaternary nitrogens is 1. The van der Waals surface area contributed by atoms with Gasteiger partial charge < -0.3 is 28.8 Å². The topological polar surface area (TPSA) is 108 Å². The van der Waals surface area contributed by atoms with Crippen LogP contribution < -0.4 is 10.2 Å². The Bertz CT molecular complexity index is 1120. The Hall–Kier alpha value is -1.28. The van der Waals surface area contributed by atoms with E-state index in [9.17, 15) is 19.4 Å². The quantitative estimate of drug-likeness (QED) is 0.0272. The van der Waals surface area contributed by atoms with Crippen molar-refractivity contribution in [2.75, 3.05) is 40.9 Å². The van der Waals surface area contributed by atoms with E-state index in [2.05, 4.69) is 43.5 Å². The maximum atomic E-state index is 12.9. The van der Waals surface area contributed by atoms with Crippen LogP contribution in [-0.2, 0) is 18.4 Å². The van der Waals surface area contributed by atoms with Crippen LogP contribution in [0.2, 0.25) is 0 Å². The van der Waals surface area contributed by atoms with Crippen molar-refractivity contribution in [3.05, 3.63) is 36.5 Å². The number of amides is 1. The zero-order valence-electron chi connectivity index (χ0n) is 42.3. The zero-order valence-corrected chi connectivity index (χ0v) is 43.2. The molecular weight excluding hydrogens is 804 g/mol. The second kappa shape index (κ2) is 45.9. The lowest BCUT2D eigenvalue weighted by Gasteiger charge is -2.29. The van der Waals surface area contributed by atoms with Gasteiger partial charge >= 0.3 is 0 Å². The lowest BCUT2D eigenvalue weighted by atomic mass is 10.0. The van der Waals surface area contributed by atoms with Gasteiger partial charge in [0.25, 0.3) is 7.82 Å². The molecule has 63 heavy (non-hydrogen) atoms. The van der Waals surface area contributed by atoms with Gasteiger partial charge in [0.15, 0.2) is 0 Å². The van der Waals surface area contributed by atoms with Gasteiger partial charge in [-0.15, -0.1) is 0 Å². The molecule has 1 amide bonds. The molecule has 0 aromatic carbocycles. The Labute approximate surface area is 391 Å². The van der Waals surface area contributed by atoms with Crippen molar-refractivity contribution >= 4 is 13.7 Å². The first kappa shape index (κ1) is 61.7. The van der Waals surface area contributed by atoms with Crippen LogP contribution in [0.15, 0.2) is 36.5 Å². The summed E-state index contributed by atoms with van der Waals surface area (Å²) in [5, 5.41) is 13.8. The van der Waals surface area contributed by atoms with Crippen molar-refractivity contribution in [1.82, 2.24) is 5.32 Å². The van der Waals surface area contributed by atoms with Crippen molar-refractivity contribution in [1.29, 1.82) is 0 Å². The summed E-state index contributed by atoms with van der Waals surface area (Å²) in [4.78, 5) is 25.3. The largest absolute Gasteiger partial charge is 0.756 e. The normalized spacial score (nSPS) is 14.3. The van der Waals surface area contributed by atoms with Crippen LogP contribution in [0.4, 0.5) is 0 Å². The summed E-state index contributed by atoms with van der Waals surface area (Å²) in [5.74, 6) is -0.198. The van der Waals surface area contributed by atoms with Crippen molar-refractivity contribution in [2.45, 2.75) is 264 Å². The van der Waals surface area contributed by atoms with Crippen LogP contribution in [0.3, 0.4) is 0 Å². The van der Waals surface area contributed by atoms with Crippen LogP contribution >= 0.6 is 7.82 Å². The highest BCUT2D eigenvalue weighted by Gasteiger charge is 2.23. The second-order valence-corrected chi connectivity index (χ2v) is 21.0. The molecule has 0 fully saturated rings. The Morgan fingerprint density at radius 1 is 0.556 bits per heavy atom. The number of phosphoric ester groups is 1. The number of carbonyl (C=O) groups excluding carboxylic acids is 1. The van der Waals surface area contributed by atoms with E-state index in [1.165, 1.54) is 186 Å². The third kappa shape index (κ3) is 48.5. The first-order chi connectivity index (χ1) is 30.5. The molecule has 3 atom stereocenters. The standard InChI is InChI=1S/C54H105N2O6P/c1-6-8-10-12-14-16-18-19-20-21-22-23-24-25-26-27-28-29-30-31-32-33-34-35-36-37-38-40-42-44-46-48-54(58)55-52(51-62-63(59,60)61-50-49-56(3,4)5)53(57)47-45-43-41-39-17-15-13-11-9-7-2/h22-23,25-26,45,47,52-53,57H,6-21,24,27-44,46,48-51H2,1-5H3,(H-,55,58,59,60)/b23-22-,26-25-,47-45+. The van der Waals surface area contributed by atoms with E-state index in [0.717, 1.165) is 44.9 Å². The Morgan fingerprint density at radius 3 is 1.32 bits per heavy atom. The molecule has 0 aliphatic rings. The van der Waals surface area contributed by atoms with E-state index in [-0.39, 0.29) is 19.1 Å². The summed E-state index contributed by atoms with van der Waals surface area (Å²) in [6, 6.07) is -0.883. The molecule has 0 spiro atoms. The number of phosphoric acid groups is 1. The van der Waals surface area contributed by atoms with Gasteiger partial charge in [0.2, 0.25) is 5.91 Å². The summed E-state index contributed by atoms with van der Waals surface area (Å²) < 4.78 is 23.2. The smallest absolute Gasteiger partial charge is 0.268 e. The molecule has 2 N–H and O–H groups in total. The monoisotopic (exact) mass is 909 g/mol. The molecule has 0 aromatic rings. The highest BCUT2D eigenvalue weighted by atomic mass is 31.2. The van der Waals surface area contributed by atoms with E-state index in [4.69, 9.17) is 9.05 Å². The average molecular weight is 909 g/mol. The van der Waals surface area contributed by atoms with Gasteiger partial charge in [-0.2, -0.15) is 0 Å². The molecule has 0 aliphatic heterocycles. The maximum absolute atomic E-state index is 12.9. The first-order valence-corrected chi connectivity index (χ1v) is 28.3. The molecule has 0 rings (SSSR count). The zero-order chi connectivity index (χ0) is 46.4. The number of aliphatic hydroxyl groups is 1. The van der Waals surface area contributed by atoms with Crippen molar-refractivity contribution < 1.29 is 32.9 Å². The molecule has 0 aromatic heterocycles. The van der Waals surface area contributed by atoms with Gasteiger partial charge in [-0.05, 0) is 51.4 Å². The van der Waals surface area contributed by atoms with Crippen LogP contribution in [0.5, 0.6) is 0 Å². The van der Waals surface area contributed by atoms with Gasteiger partial charge in [-0.25, -0.2) is 0 Å². The van der Waals surface area contributed by atoms with E-state index in [1.54, 1.807) is 6.08 Å². The highest BCUT2D eigenvalue weighted by molar-refractivity contribution is 7.45. The fraction of sp³-hybridized carbons (Fsp3) is 0.870. The number of allylic oxidation sites excluding steroid dienone is 5. The van der Waals surface area contributed by atoms with E-state index in [1.807, 2.05) is 27.2 Å². The minimum absolute atomic E-state index is 0.000528. The molecule has 9 heteroatoms. The number of rotatable bonds is 49. The molecule has 372 valence electrons. The summed E-state index contributed by atoms with van der Waals surface area (Å²) in [5.41, 5.74) is 0. The Kier molecular flexibility index (Phi) is 44.9. The summed E-state index contributed by atoms with van der Waals surface area (Å²) in [7, 11) is 1.26. The minimum atomic E-state index is -4.58. The van der Waals surface area contributed by atoms with Gasteiger partial charge in [0.1, 0.15) is 13.2 Å². The van der Waals surface area contributed by atoms with Crippen LogP contribution in [0.1, 0.15) is 251 Å². The predicted octanol–water partition coefficient (Wildman–Crippen LogP) is 15.2. The summed E-state index contributed by atoms with van der Waals surface area (Å²) in [6.45, 7) is 4.64. The predicted molar refractivity (Wildman–Crippen MR) is 270 cm³/mol. The highest BCUT2D eigenvalue weighted by Crippen LogP contribution is 2.38. The number of hydrogen-bond acceptors (Lipinski definition) is 6. The lowest BCUT2D eigenvalue weighted by molar-refractivity contribution is -0.870. The molecule has 0 bridgehead atoms. The molecule has 3 unspecified atom stereocenters.